The minimum Gasteiger partial charge on any atom is -0.338 e. The maximum atomic E-state index is 2.70. The molecule has 0 saturated heterocycles. The quantitative estimate of drug-likeness (QED) is 0.128. The largest absolute Gasteiger partial charge is 0.338 e. The molecule has 0 spiro atoms. The lowest BCUT2D eigenvalue weighted by atomic mass is 9.79. The van der Waals surface area contributed by atoms with E-state index in [4.69, 9.17) is 0 Å². The highest BCUT2D eigenvalue weighted by Gasteiger charge is 2.42. The molecule has 3 atom stereocenters. The van der Waals surface area contributed by atoms with Crippen molar-refractivity contribution in [2.24, 2.45) is 5.92 Å². The van der Waals surface area contributed by atoms with E-state index in [0.29, 0.717) is 5.92 Å². The van der Waals surface area contributed by atoms with Crippen molar-refractivity contribution in [3.8, 4) is 44.8 Å². The van der Waals surface area contributed by atoms with Gasteiger partial charge in [0.15, 0.2) is 0 Å². The van der Waals surface area contributed by atoms with Crippen LogP contribution in [0.1, 0.15) is 75.5 Å². The lowest BCUT2D eigenvalue weighted by Gasteiger charge is -2.39. The van der Waals surface area contributed by atoms with Gasteiger partial charge in [0.25, 0.3) is 0 Å². The highest BCUT2D eigenvalue weighted by molar-refractivity contribution is 6.12. The molecule has 3 heterocycles. The van der Waals surface area contributed by atoms with E-state index in [1.807, 2.05) is 0 Å². The van der Waals surface area contributed by atoms with Crippen LogP contribution in [0.5, 0.6) is 0 Å². The summed E-state index contributed by atoms with van der Waals surface area (Å²) >= 11 is 0. The number of anilines is 1. The Morgan fingerprint density at radius 1 is 0.446 bits per heavy atom. The van der Waals surface area contributed by atoms with Crippen molar-refractivity contribution >= 4 is 71.2 Å². The molecular formula is C97H76N4. The van der Waals surface area contributed by atoms with Gasteiger partial charge in [-0.25, -0.2) is 0 Å². The van der Waals surface area contributed by atoms with Gasteiger partial charge in [-0.3, -0.25) is 0 Å². The van der Waals surface area contributed by atoms with Crippen LogP contribution in [0.25, 0.3) is 110 Å². The molecule has 2 aromatic heterocycles. The highest BCUT2D eigenvalue weighted by atomic mass is 15.2. The van der Waals surface area contributed by atoms with Gasteiger partial charge in [-0.1, -0.05) is 238 Å². The van der Waals surface area contributed by atoms with Crippen LogP contribution in [-0.2, 0) is 5.41 Å². The fourth-order valence-electron chi connectivity index (χ4n) is 18.2. The molecule has 6 aliphatic carbocycles. The van der Waals surface area contributed by atoms with E-state index < -0.39 is 0 Å². The van der Waals surface area contributed by atoms with Crippen LogP contribution in [0.2, 0.25) is 0 Å². The Morgan fingerprint density at radius 3 is 1.80 bits per heavy atom. The Bertz CT molecular complexity index is 5960. The molecule has 0 amide bonds. The number of rotatable bonds is 11. The van der Waals surface area contributed by atoms with E-state index in [-0.39, 0.29) is 17.5 Å². The van der Waals surface area contributed by atoms with Crippen LogP contribution in [-0.4, -0.2) is 26.1 Å². The molecule has 101 heavy (non-hydrogen) atoms. The molecule has 484 valence electrons. The Kier molecular flexibility index (Phi) is 14.0. The van der Waals surface area contributed by atoms with Gasteiger partial charge in [-0.05, 0) is 236 Å². The van der Waals surface area contributed by atoms with Crippen molar-refractivity contribution < 1.29 is 0 Å². The monoisotopic (exact) mass is 1300 g/mol. The zero-order valence-electron chi connectivity index (χ0n) is 57.1. The number of benzene rings is 11. The topological polar surface area (TPSA) is 16.3 Å². The van der Waals surface area contributed by atoms with Crippen LogP contribution in [0.4, 0.5) is 5.69 Å². The predicted octanol–water partition coefficient (Wildman–Crippen LogP) is 24.7. The summed E-state index contributed by atoms with van der Waals surface area (Å²) in [5.41, 5.74) is 32.7. The first-order chi connectivity index (χ1) is 49.8. The van der Waals surface area contributed by atoms with E-state index in [2.05, 4.69) is 354 Å². The number of hydrogen-bond acceptors (Lipinski definition) is 2. The predicted molar refractivity (Wildman–Crippen MR) is 424 cm³/mol. The Labute approximate surface area is 591 Å². The van der Waals surface area contributed by atoms with Crippen molar-refractivity contribution in [3.05, 3.63) is 378 Å². The van der Waals surface area contributed by atoms with Crippen LogP contribution >= 0.6 is 0 Å². The average molecular weight is 1300 g/mol. The molecule has 13 aromatic rings. The third kappa shape index (κ3) is 9.85. The summed E-state index contributed by atoms with van der Waals surface area (Å²) in [5.74, 6) is 0.324. The van der Waals surface area contributed by atoms with Crippen molar-refractivity contribution in [1.82, 2.24) is 14.0 Å². The molecule has 0 radical (unpaired) electrons. The van der Waals surface area contributed by atoms with Gasteiger partial charge in [-0.15, -0.1) is 0 Å². The summed E-state index contributed by atoms with van der Waals surface area (Å²) in [6.07, 6.45) is 34.6. The molecule has 1 aliphatic heterocycles. The van der Waals surface area contributed by atoms with Gasteiger partial charge >= 0.3 is 0 Å². The maximum Gasteiger partial charge on any atom is 0.0629 e. The van der Waals surface area contributed by atoms with Crippen LogP contribution in [0, 0.1) is 5.92 Å². The summed E-state index contributed by atoms with van der Waals surface area (Å²) < 4.78 is 4.83. The third-order valence-corrected chi connectivity index (χ3v) is 23.3. The molecular weight excluding hydrogens is 1220 g/mol. The molecule has 0 bridgehead atoms. The second-order valence-electron chi connectivity index (χ2n) is 29.2. The molecule has 7 aliphatic rings. The lowest BCUT2D eigenvalue weighted by Crippen LogP contribution is -2.35. The van der Waals surface area contributed by atoms with E-state index in [9.17, 15) is 0 Å². The summed E-state index contributed by atoms with van der Waals surface area (Å²) in [6, 6.07) is 95.2. The molecule has 20 rings (SSSR count). The van der Waals surface area contributed by atoms with Gasteiger partial charge in [0.05, 0.1) is 34.2 Å². The third-order valence-electron chi connectivity index (χ3n) is 23.3. The minimum absolute atomic E-state index is 0.0438. The molecule has 0 saturated carbocycles. The zero-order valence-corrected chi connectivity index (χ0v) is 57.1. The van der Waals surface area contributed by atoms with Gasteiger partial charge in [0.1, 0.15) is 0 Å². The number of nitrogens with zero attached hydrogens (tertiary/aromatic N) is 4. The number of hydrogen-bond donors (Lipinski definition) is 0. The fraction of sp³-hybridized carbons (Fsp3) is 0.134. The van der Waals surface area contributed by atoms with Gasteiger partial charge in [-0.2, -0.15) is 0 Å². The minimum atomic E-state index is -0.0438. The van der Waals surface area contributed by atoms with Gasteiger partial charge in [0, 0.05) is 67.0 Å². The maximum absolute atomic E-state index is 2.70. The van der Waals surface area contributed by atoms with Crippen molar-refractivity contribution in [2.45, 2.75) is 76.3 Å². The summed E-state index contributed by atoms with van der Waals surface area (Å²) in [7, 11) is 0. The smallest absolute Gasteiger partial charge is 0.0629 e. The standard InChI is InChI=1S/C97H76N4/c1-97(2)89-28-13-9-24-81(89)82-52-51-80(62-90(82)97)98(76-46-38-64(39-47-76)63-18-5-3-6-19-63)77-48-40-67(41-49-77)74-45-54-95-87(61-74)84-26-11-15-30-92(84)100(95)78-23-17-20-68(57-78)69-36-37-71-58-79(50-42-70(71)56-69)101-93-31-16-12-27-85(93)88-60-73(44-55-96(88)101)66-34-32-65(33-35-66)72-43-53-94-86(59-72)83-25-10-14-29-91(83)99(94)75-21-7-4-8-22-75/h3-10,12-25,27-38,40,42-46,48-50,52-53,55-62,67,80,95H,11,26,39,41,47,51,54H2,1-2H3. The summed E-state index contributed by atoms with van der Waals surface area (Å²) in [5, 5.41) is 7.47. The van der Waals surface area contributed by atoms with Crippen molar-refractivity contribution in [1.29, 1.82) is 0 Å². The molecule has 11 aromatic carbocycles. The van der Waals surface area contributed by atoms with Crippen molar-refractivity contribution in [3.63, 3.8) is 0 Å². The summed E-state index contributed by atoms with van der Waals surface area (Å²) in [6.45, 7) is 4.84. The normalized spacial score (nSPS) is 19.0. The zero-order chi connectivity index (χ0) is 66.9. The molecule has 0 fully saturated rings. The van der Waals surface area contributed by atoms with Gasteiger partial charge in [0.2, 0.25) is 0 Å². The van der Waals surface area contributed by atoms with Crippen LogP contribution < -0.4 is 4.90 Å². The Hall–Kier alpha value is -11.7. The Balaban J connectivity index is 0.554. The fourth-order valence-corrected chi connectivity index (χ4v) is 18.2. The molecule has 4 nitrogen and oxygen atoms in total. The average Bonchev–Trinajstić information content (AvgIpc) is 1.61. The second kappa shape index (κ2) is 23.7. The SMILES string of the molecule is CC1(C)C2=CC(N(C3=CCC(C4=CCC5C(=C4)C4=C(C=CCC4)N5c4cccc(-c5ccc6cc(-n7c8ccccc8c8cc(-c9ccc(-c%10ccc%11c(c%10)c%10ccccc%10n%11-c%10ccccc%10)cc9)ccc87)ccc6c5)c4)C=C3)C3=CC=C(c4ccccc4)CC3)CC=C2c2ccccc21. The lowest BCUT2D eigenvalue weighted by molar-refractivity contribution is 0.353. The van der Waals surface area contributed by atoms with E-state index in [0.717, 1.165) is 50.6 Å². The molecule has 3 unspecified atom stereocenters. The molecule has 4 heteroatoms. The van der Waals surface area contributed by atoms with Crippen molar-refractivity contribution in [2.75, 3.05) is 4.90 Å². The van der Waals surface area contributed by atoms with E-state index in [1.54, 1.807) is 0 Å². The van der Waals surface area contributed by atoms with E-state index in [1.165, 1.54) is 166 Å². The first-order valence-electron chi connectivity index (χ1n) is 36.4. The first-order valence-corrected chi connectivity index (χ1v) is 36.4. The van der Waals surface area contributed by atoms with Crippen LogP contribution in [0.15, 0.2) is 361 Å². The number of allylic oxidation sites excluding steroid dienone is 13. The Morgan fingerprint density at radius 2 is 1.07 bits per heavy atom. The number of fused-ring (bicyclic) bond motifs is 12. The number of para-hydroxylation sites is 3. The highest BCUT2D eigenvalue weighted by Crippen LogP contribution is 2.53. The van der Waals surface area contributed by atoms with Crippen LogP contribution in [0.3, 0.4) is 0 Å². The van der Waals surface area contributed by atoms with E-state index >= 15 is 0 Å². The molecule has 0 N–H and O–H groups in total. The first kappa shape index (κ1) is 59.3. The number of aromatic nitrogens is 2. The second-order valence-corrected chi connectivity index (χ2v) is 29.2. The summed E-state index contributed by atoms with van der Waals surface area (Å²) in [4.78, 5) is 5.36. The van der Waals surface area contributed by atoms with Gasteiger partial charge < -0.3 is 18.9 Å².